The minimum absolute atomic E-state index is 0.258. The lowest BCUT2D eigenvalue weighted by molar-refractivity contribution is -0.111. The summed E-state index contributed by atoms with van der Waals surface area (Å²) in [6.07, 6.45) is 5.76. The van der Waals surface area contributed by atoms with Crippen LogP contribution < -0.4 is 15.4 Å². The number of hydrogen-bond donors (Lipinski definition) is 2. The van der Waals surface area contributed by atoms with E-state index in [9.17, 15) is 10.1 Å². The molecular weight excluding hydrogens is 552 g/mol. The average Bonchev–Trinajstić information content (AvgIpc) is 3.35. The zero-order chi connectivity index (χ0) is 29.8. The van der Waals surface area contributed by atoms with Crippen LogP contribution in [0.4, 0.5) is 17.1 Å². The largest absolute Gasteiger partial charge is 0.492 e. The van der Waals surface area contributed by atoms with Gasteiger partial charge in [0.1, 0.15) is 11.8 Å². The number of rotatable bonds is 9. The third-order valence-electron chi connectivity index (χ3n) is 7.45. The van der Waals surface area contributed by atoms with E-state index in [-0.39, 0.29) is 5.91 Å². The molecule has 218 valence electrons. The predicted octanol–water partition coefficient (Wildman–Crippen LogP) is 5.09. The molecule has 2 aromatic carbocycles. The van der Waals surface area contributed by atoms with Gasteiger partial charge in [-0.05, 0) is 38.6 Å². The number of fused-ring (bicyclic) bond motifs is 2. The highest BCUT2D eigenvalue weighted by Gasteiger charge is 2.19. The van der Waals surface area contributed by atoms with E-state index >= 15 is 0 Å². The SMILES string of the molecule is CCOc1cc2nc(CC)c(C#N)c(Nc3cc(Cl)c4c(cnn4C)c3)c2cc1NC(=O)/C=C/CN1CCN(C)CC1. The number of amides is 1. The number of nitrogens with zero attached hydrogens (tertiary/aromatic N) is 6. The van der Waals surface area contributed by atoms with Crippen LogP contribution in [0.1, 0.15) is 25.1 Å². The van der Waals surface area contributed by atoms with Gasteiger partial charge in [0, 0.05) is 68.4 Å². The molecule has 0 atom stereocenters. The number of nitriles is 1. The molecule has 0 unspecified atom stereocenters. The summed E-state index contributed by atoms with van der Waals surface area (Å²) in [5, 5.41) is 23.0. The van der Waals surface area contributed by atoms with Crippen molar-refractivity contribution in [2.75, 3.05) is 57.0 Å². The number of aryl methyl sites for hydroxylation is 2. The zero-order valence-corrected chi connectivity index (χ0v) is 25.1. The lowest BCUT2D eigenvalue weighted by Crippen LogP contribution is -2.44. The number of halogens is 1. The molecule has 1 aliphatic rings. The maximum Gasteiger partial charge on any atom is 0.248 e. The molecule has 0 radical (unpaired) electrons. The van der Waals surface area contributed by atoms with Crippen molar-refractivity contribution in [2.45, 2.75) is 20.3 Å². The van der Waals surface area contributed by atoms with Crippen LogP contribution in [0.2, 0.25) is 5.02 Å². The number of anilines is 3. The second kappa shape index (κ2) is 12.8. The highest BCUT2D eigenvalue weighted by Crippen LogP contribution is 2.38. The first-order valence-electron chi connectivity index (χ1n) is 14.1. The van der Waals surface area contributed by atoms with Crippen LogP contribution in [0.5, 0.6) is 5.75 Å². The second-order valence-corrected chi connectivity index (χ2v) is 10.8. The number of hydrogen-bond acceptors (Lipinski definition) is 8. The maximum atomic E-state index is 13.0. The Morgan fingerprint density at radius 3 is 2.67 bits per heavy atom. The first-order valence-corrected chi connectivity index (χ1v) is 14.5. The van der Waals surface area contributed by atoms with Crippen LogP contribution in [0.15, 0.2) is 42.6 Å². The van der Waals surface area contributed by atoms with Crippen molar-refractivity contribution in [1.82, 2.24) is 24.6 Å². The van der Waals surface area contributed by atoms with Crippen molar-refractivity contribution >= 4 is 56.4 Å². The second-order valence-electron chi connectivity index (χ2n) is 10.4. The van der Waals surface area contributed by atoms with Crippen LogP contribution in [-0.4, -0.2) is 76.8 Å². The van der Waals surface area contributed by atoms with Crippen LogP contribution in [0, 0.1) is 11.3 Å². The first kappa shape index (κ1) is 29.3. The molecule has 1 aliphatic heterocycles. The summed E-state index contributed by atoms with van der Waals surface area (Å²) in [5.74, 6) is 0.252. The highest BCUT2D eigenvalue weighted by molar-refractivity contribution is 6.35. The van der Waals surface area contributed by atoms with Gasteiger partial charge in [0.2, 0.25) is 5.91 Å². The van der Waals surface area contributed by atoms with Crippen LogP contribution in [0.25, 0.3) is 21.8 Å². The van der Waals surface area contributed by atoms with Gasteiger partial charge in [0.15, 0.2) is 0 Å². The number of piperazine rings is 1. The number of likely N-dealkylation sites (N-methyl/N-ethyl adjacent to an activating group) is 1. The highest BCUT2D eigenvalue weighted by atomic mass is 35.5. The molecule has 0 aliphatic carbocycles. The van der Waals surface area contributed by atoms with Gasteiger partial charge in [-0.2, -0.15) is 10.4 Å². The average molecular weight is 587 g/mol. The minimum Gasteiger partial charge on any atom is -0.492 e. The van der Waals surface area contributed by atoms with Gasteiger partial charge in [0.25, 0.3) is 0 Å². The molecule has 10 nitrogen and oxygen atoms in total. The van der Waals surface area contributed by atoms with Crippen molar-refractivity contribution in [3.63, 3.8) is 0 Å². The summed E-state index contributed by atoms with van der Waals surface area (Å²) in [6, 6.07) is 9.71. The molecule has 4 aromatic rings. The number of pyridine rings is 1. The minimum atomic E-state index is -0.258. The van der Waals surface area contributed by atoms with Crippen molar-refractivity contribution < 1.29 is 9.53 Å². The van der Waals surface area contributed by atoms with Crippen molar-refractivity contribution in [1.29, 1.82) is 5.26 Å². The van der Waals surface area contributed by atoms with Crippen LogP contribution in [-0.2, 0) is 18.3 Å². The third-order valence-corrected chi connectivity index (χ3v) is 7.74. The maximum absolute atomic E-state index is 13.0. The number of carbonyl (C=O) groups is 1. The summed E-state index contributed by atoms with van der Waals surface area (Å²) in [5.41, 5.74) is 4.35. The van der Waals surface area contributed by atoms with E-state index in [2.05, 4.69) is 38.6 Å². The fraction of sp³-hybridized carbons (Fsp3) is 0.355. The van der Waals surface area contributed by atoms with E-state index in [1.54, 1.807) is 17.0 Å². The normalized spacial score (nSPS) is 14.5. The van der Waals surface area contributed by atoms with E-state index < -0.39 is 0 Å². The Balaban J connectivity index is 1.51. The zero-order valence-electron chi connectivity index (χ0n) is 24.4. The van der Waals surface area contributed by atoms with Gasteiger partial charge in [-0.3, -0.25) is 19.4 Å². The van der Waals surface area contributed by atoms with Gasteiger partial charge >= 0.3 is 0 Å². The molecule has 42 heavy (non-hydrogen) atoms. The van der Waals surface area contributed by atoms with Gasteiger partial charge in [-0.1, -0.05) is 24.6 Å². The molecule has 1 amide bonds. The van der Waals surface area contributed by atoms with Crippen LogP contribution >= 0.6 is 11.6 Å². The molecule has 11 heteroatoms. The summed E-state index contributed by atoms with van der Waals surface area (Å²) >= 11 is 6.61. The molecule has 5 rings (SSSR count). The number of ether oxygens (including phenoxy) is 1. The Kier molecular flexibility index (Phi) is 8.92. The number of benzene rings is 2. The molecule has 0 bridgehead atoms. The number of carbonyl (C=O) groups excluding carboxylic acids is 1. The Morgan fingerprint density at radius 1 is 1.17 bits per heavy atom. The molecule has 2 N–H and O–H groups in total. The van der Waals surface area contributed by atoms with Gasteiger partial charge < -0.3 is 20.3 Å². The molecule has 0 saturated carbocycles. The van der Waals surface area contributed by atoms with Gasteiger partial charge in [-0.15, -0.1) is 0 Å². The van der Waals surface area contributed by atoms with Crippen LogP contribution in [0.3, 0.4) is 0 Å². The Hall–Kier alpha value is -4.17. The quantitative estimate of drug-likeness (QED) is 0.261. The van der Waals surface area contributed by atoms with E-state index in [0.29, 0.717) is 69.6 Å². The van der Waals surface area contributed by atoms with E-state index in [1.807, 2.05) is 51.2 Å². The third kappa shape index (κ3) is 6.19. The molecule has 1 fully saturated rings. The van der Waals surface area contributed by atoms with Gasteiger partial charge in [-0.25, -0.2) is 0 Å². The summed E-state index contributed by atoms with van der Waals surface area (Å²) < 4.78 is 7.63. The number of aromatic nitrogens is 3. The van der Waals surface area contributed by atoms with E-state index in [1.165, 1.54) is 0 Å². The summed E-state index contributed by atoms with van der Waals surface area (Å²) in [4.78, 5) is 22.4. The molecule has 2 aromatic heterocycles. The fourth-order valence-corrected chi connectivity index (χ4v) is 5.57. The molecular formula is C31H35ClN8O2. The molecule has 3 heterocycles. The smallest absolute Gasteiger partial charge is 0.248 e. The van der Waals surface area contributed by atoms with Gasteiger partial charge in [0.05, 0.1) is 51.5 Å². The van der Waals surface area contributed by atoms with E-state index in [4.69, 9.17) is 21.3 Å². The standard InChI is InChI=1S/C31H35ClN8O2/c1-5-25-23(18-33)30(35-21-14-20-19-34-39(4)31(20)24(32)15-21)22-16-27(28(42-6-2)17-26(22)36-25)37-29(41)8-7-9-40-12-10-38(3)11-13-40/h7-8,14-17,19H,5-6,9-13H2,1-4H3,(H,35,36)(H,37,41)/b8-7+. The number of nitrogens with one attached hydrogen (secondary N) is 2. The van der Waals surface area contributed by atoms with E-state index in [0.717, 1.165) is 37.1 Å². The summed E-state index contributed by atoms with van der Waals surface area (Å²) in [6.45, 7) is 8.97. The first-order chi connectivity index (χ1) is 20.3. The topological polar surface area (TPSA) is 111 Å². The Labute approximate surface area is 250 Å². The Bertz CT molecular complexity index is 1700. The van der Waals surface area contributed by atoms with Crippen molar-refractivity contribution in [3.05, 3.63) is 58.9 Å². The molecule has 0 spiro atoms. The van der Waals surface area contributed by atoms with Crippen molar-refractivity contribution in [2.24, 2.45) is 7.05 Å². The molecule has 1 saturated heterocycles. The fourth-order valence-electron chi connectivity index (χ4n) is 5.22. The lowest BCUT2D eigenvalue weighted by atomic mass is 10.0. The Morgan fingerprint density at radius 2 is 1.95 bits per heavy atom. The lowest BCUT2D eigenvalue weighted by Gasteiger charge is -2.31. The van der Waals surface area contributed by atoms with Crippen molar-refractivity contribution in [3.8, 4) is 11.8 Å². The monoisotopic (exact) mass is 586 g/mol. The predicted molar refractivity (Wildman–Crippen MR) is 168 cm³/mol. The summed E-state index contributed by atoms with van der Waals surface area (Å²) in [7, 11) is 3.96.